The fourth-order valence-electron chi connectivity index (χ4n) is 4.21. The lowest BCUT2D eigenvalue weighted by Crippen LogP contribution is -2.63. The van der Waals surface area contributed by atoms with Gasteiger partial charge in [-0.25, -0.2) is 0 Å². The molecule has 0 aromatic heterocycles. The van der Waals surface area contributed by atoms with E-state index in [1.165, 1.54) is 38.6 Å². The van der Waals surface area contributed by atoms with Crippen molar-refractivity contribution in [2.75, 3.05) is 19.7 Å². The predicted octanol–water partition coefficient (Wildman–Crippen LogP) is 2.93. The molecule has 0 aromatic carbocycles. The highest BCUT2D eigenvalue weighted by Crippen LogP contribution is 2.39. The number of nitrogens with two attached hydrogens (primary N) is 1. The largest absolute Gasteiger partial charge is 0.375 e. The predicted molar refractivity (Wildman–Crippen MR) is 80.3 cm³/mol. The van der Waals surface area contributed by atoms with E-state index in [1.807, 2.05) is 0 Å². The molecule has 2 heterocycles. The van der Waals surface area contributed by atoms with Crippen molar-refractivity contribution in [1.82, 2.24) is 4.90 Å². The Morgan fingerprint density at radius 1 is 1.26 bits per heavy atom. The molecule has 3 heteroatoms. The Morgan fingerprint density at radius 3 is 2.68 bits per heavy atom. The van der Waals surface area contributed by atoms with Crippen LogP contribution in [0, 0.1) is 0 Å². The van der Waals surface area contributed by atoms with Crippen LogP contribution in [-0.4, -0.2) is 41.8 Å². The Morgan fingerprint density at radius 2 is 2.05 bits per heavy atom. The fraction of sp³-hybridized carbons (Fsp3) is 1.00. The molecule has 2 N–H and O–H groups in total. The SMILES string of the molecule is CCC1CCCCCN1C1(CN)CCOC(C)(C)C1. The van der Waals surface area contributed by atoms with Gasteiger partial charge in [0.2, 0.25) is 0 Å². The third-order valence-corrected chi connectivity index (χ3v) is 5.15. The van der Waals surface area contributed by atoms with Crippen LogP contribution in [-0.2, 0) is 4.74 Å². The highest BCUT2D eigenvalue weighted by molar-refractivity contribution is 5.01. The van der Waals surface area contributed by atoms with Crippen molar-refractivity contribution >= 4 is 0 Å². The number of hydrogen-bond acceptors (Lipinski definition) is 3. The van der Waals surface area contributed by atoms with Gasteiger partial charge < -0.3 is 10.5 Å². The van der Waals surface area contributed by atoms with E-state index in [0.29, 0.717) is 0 Å². The van der Waals surface area contributed by atoms with Crippen LogP contribution in [0.25, 0.3) is 0 Å². The normalized spacial score (nSPS) is 36.9. The molecule has 2 aliphatic rings. The van der Waals surface area contributed by atoms with Crippen molar-refractivity contribution in [2.45, 2.75) is 82.9 Å². The molecule has 2 atom stereocenters. The molecule has 2 aliphatic heterocycles. The number of nitrogens with zero attached hydrogens (tertiary/aromatic N) is 1. The molecule has 2 fully saturated rings. The first-order valence-corrected chi connectivity index (χ1v) is 8.14. The summed E-state index contributed by atoms with van der Waals surface area (Å²) in [7, 11) is 0. The van der Waals surface area contributed by atoms with Gasteiger partial charge in [0.05, 0.1) is 5.60 Å². The topological polar surface area (TPSA) is 38.5 Å². The van der Waals surface area contributed by atoms with Gasteiger partial charge in [-0.15, -0.1) is 0 Å². The Hall–Kier alpha value is -0.120. The van der Waals surface area contributed by atoms with E-state index >= 15 is 0 Å². The molecule has 3 nitrogen and oxygen atoms in total. The second kappa shape index (κ2) is 6.11. The van der Waals surface area contributed by atoms with Gasteiger partial charge in [-0.2, -0.15) is 0 Å². The fourth-order valence-corrected chi connectivity index (χ4v) is 4.21. The Balaban J connectivity index is 2.22. The molecule has 112 valence electrons. The molecular formula is C16H32N2O. The quantitative estimate of drug-likeness (QED) is 0.855. The summed E-state index contributed by atoms with van der Waals surface area (Å²) in [6.45, 7) is 9.63. The summed E-state index contributed by atoms with van der Waals surface area (Å²) in [6, 6.07) is 0.722. The van der Waals surface area contributed by atoms with Crippen LogP contribution >= 0.6 is 0 Å². The molecule has 0 amide bonds. The molecule has 2 unspecified atom stereocenters. The van der Waals surface area contributed by atoms with E-state index in [0.717, 1.165) is 32.0 Å². The molecule has 19 heavy (non-hydrogen) atoms. The summed E-state index contributed by atoms with van der Waals surface area (Å²) in [5.41, 5.74) is 6.41. The van der Waals surface area contributed by atoms with Crippen LogP contribution in [0.3, 0.4) is 0 Å². The summed E-state index contributed by atoms with van der Waals surface area (Å²) in [5, 5.41) is 0. The molecule has 0 aromatic rings. The average molecular weight is 268 g/mol. The van der Waals surface area contributed by atoms with Crippen molar-refractivity contribution in [3.8, 4) is 0 Å². The zero-order valence-electron chi connectivity index (χ0n) is 13.1. The van der Waals surface area contributed by atoms with Crippen molar-refractivity contribution in [3.63, 3.8) is 0 Å². The standard InChI is InChI=1S/C16H32N2O/c1-4-14-8-6-5-7-10-18(14)16(13-17)9-11-19-15(2,3)12-16/h14H,4-13,17H2,1-3H3. The van der Waals surface area contributed by atoms with Gasteiger partial charge >= 0.3 is 0 Å². The van der Waals surface area contributed by atoms with E-state index in [2.05, 4.69) is 25.7 Å². The van der Waals surface area contributed by atoms with Gasteiger partial charge in [-0.3, -0.25) is 4.90 Å². The van der Waals surface area contributed by atoms with E-state index in [4.69, 9.17) is 10.5 Å². The lowest BCUT2D eigenvalue weighted by molar-refractivity contribution is -0.126. The smallest absolute Gasteiger partial charge is 0.0644 e. The molecule has 0 saturated carbocycles. The molecule has 0 bridgehead atoms. The van der Waals surface area contributed by atoms with Crippen LogP contribution in [0.2, 0.25) is 0 Å². The molecule has 2 rings (SSSR count). The van der Waals surface area contributed by atoms with Gasteiger partial charge in [0.15, 0.2) is 0 Å². The average Bonchev–Trinajstić information content (AvgIpc) is 2.62. The highest BCUT2D eigenvalue weighted by Gasteiger charge is 2.45. The maximum atomic E-state index is 6.26. The molecule has 0 radical (unpaired) electrons. The second-order valence-corrected chi connectivity index (χ2v) is 7.07. The minimum Gasteiger partial charge on any atom is -0.375 e. The van der Waals surface area contributed by atoms with Crippen LogP contribution < -0.4 is 5.73 Å². The van der Waals surface area contributed by atoms with Crippen LogP contribution in [0.15, 0.2) is 0 Å². The van der Waals surface area contributed by atoms with Gasteiger partial charge in [-0.1, -0.05) is 19.8 Å². The maximum absolute atomic E-state index is 6.26. The lowest BCUT2D eigenvalue weighted by Gasteiger charge is -2.53. The van der Waals surface area contributed by atoms with E-state index in [9.17, 15) is 0 Å². The first-order valence-electron chi connectivity index (χ1n) is 8.14. The van der Waals surface area contributed by atoms with Crippen LogP contribution in [0.1, 0.15) is 65.7 Å². The molecular weight excluding hydrogens is 236 g/mol. The van der Waals surface area contributed by atoms with Crippen molar-refractivity contribution in [2.24, 2.45) is 5.73 Å². The lowest BCUT2D eigenvalue weighted by atomic mass is 9.78. The summed E-state index contributed by atoms with van der Waals surface area (Å²) in [6.07, 6.45) is 8.88. The van der Waals surface area contributed by atoms with Gasteiger partial charge in [-0.05, 0) is 52.5 Å². The summed E-state index contributed by atoms with van der Waals surface area (Å²) >= 11 is 0. The minimum absolute atomic E-state index is 0.0256. The Bertz CT molecular complexity index is 292. The van der Waals surface area contributed by atoms with Crippen molar-refractivity contribution < 1.29 is 4.74 Å². The van der Waals surface area contributed by atoms with E-state index in [1.54, 1.807) is 0 Å². The number of rotatable bonds is 3. The Labute approximate surface area is 118 Å². The molecule has 2 saturated heterocycles. The Kier molecular flexibility index (Phi) is 4.91. The van der Waals surface area contributed by atoms with Crippen LogP contribution in [0.4, 0.5) is 0 Å². The second-order valence-electron chi connectivity index (χ2n) is 7.07. The molecule has 0 spiro atoms. The highest BCUT2D eigenvalue weighted by atomic mass is 16.5. The number of likely N-dealkylation sites (tertiary alicyclic amines) is 1. The van der Waals surface area contributed by atoms with Gasteiger partial charge in [0.1, 0.15) is 0 Å². The summed E-state index contributed by atoms with van der Waals surface area (Å²) in [4.78, 5) is 2.77. The zero-order chi connectivity index (χ0) is 13.9. The van der Waals surface area contributed by atoms with Crippen LogP contribution in [0.5, 0.6) is 0 Å². The summed E-state index contributed by atoms with van der Waals surface area (Å²) < 4.78 is 5.93. The summed E-state index contributed by atoms with van der Waals surface area (Å²) in [5.74, 6) is 0. The van der Waals surface area contributed by atoms with Crippen molar-refractivity contribution in [1.29, 1.82) is 0 Å². The third kappa shape index (κ3) is 3.32. The molecule has 0 aliphatic carbocycles. The number of hydrogen-bond donors (Lipinski definition) is 1. The third-order valence-electron chi connectivity index (χ3n) is 5.15. The monoisotopic (exact) mass is 268 g/mol. The number of ether oxygens (including phenoxy) is 1. The van der Waals surface area contributed by atoms with Gasteiger partial charge in [0.25, 0.3) is 0 Å². The first-order chi connectivity index (χ1) is 9.03. The zero-order valence-corrected chi connectivity index (χ0v) is 13.1. The first kappa shape index (κ1) is 15.3. The van der Waals surface area contributed by atoms with E-state index < -0.39 is 0 Å². The van der Waals surface area contributed by atoms with Crippen molar-refractivity contribution in [3.05, 3.63) is 0 Å². The van der Waals surface area contributed by atoms with E-state index in [-0.39, 0.29) is 11.1 Å². The minimum atomic E-state index is -0.0256. The maximum Gasteiger partial charge on any atom is 0.0644 e. The van der Waals surface area contributed by atoms with Gasteiger partial charge in [0, 0.05) is 24.7 Å².